The van der Waals surface area contributed by atoms with E-state index >= 15 is 0 Å². The van der Waals surface area contributed by atoms with Gasteiger partial charge in [0, 0.05) is 4.57 Å². The molecule has 124 valence electrons. The van der Waals surface area contributed by atoms with Crippen LogP contribution < -0.4 is 0 Å². The second kappa shape index (κ2) is 8.50. The molecule has 3 aromatic rings. The first-order valence-electron chi connectivity index (χ1n) is 7.93. The molecule has 0 saturated carbocycles. The predicted molar refractivity (Wildman–Crippen MR) is 101 cm³/mol. The lowest BCUT2D eigenvalue weighted by molar-refractivity contribution is 0.272. The SMILES string of the molecule is O=[P+](O)OCc1ccc(C=C(c2ccccc2)c2ccccc2)cc1. The van der Waals surface area contributed by atoms with Crippen molar-refractivity contribution in [2.75, 3.05) is 0 Å². The third-order valence-electron chi connectivity index (χ3n) is 3.80. The second-order valence-corrected chi connectivity index (χ2v) is 6.28. The predicted octanol–water partition coefficient (Wildman–Crippen LogP) is 5.44. The average molecular weight is 349 g/mol. The van der Waals surface area contributed by atoms with Gasteiger partial charge >= 0.3 is 8.25 Å². The lowest BCUT2D eigenvalue weighted by Gasteiger charge is -2.09. The first kappa shape index (κ1) is 17.2. The van der Waals surface area contributed by atoms with E-state index in [1.54, 1.807) is 0 Å². The minimum atomic E-state index is -2.57. The van der Waals surface area contributed by atoms with Crippen molar-refractivity contribution >= 4 is 19.9 Å². The largest absolute Gasteiger partial charge is 0.695 e. The van der Waals surface area contributed by atoms with Crippen LogP contribution in [0.2, 0.25) is 0 Å². The minimum Gasteiger partial charge on any atom is -0.133 e. The molecule has 0 fully saturated rings. The van der Waals surface area contributed by atoms with Gasteiger partial charge in [-0.2, -0.15) is 0 Å². The summed E-state index contributed by atoms with van der Waals surface area (Å²) in [5.41, 5.74) is 5.36. The highest BCUT2D eigenvalue weighted by Crippen LogP contribution is 2.26. The Kier molecular flexibility index (Phi) is 5.86. The Morgan fingerprint density at radius 1 is 0.840 bits per heavy atom. The second-order valence-electron chi connectivity index (χ2n) is 5.54. The van der Waals surface area contributed by atoms with Crippen molar-refractivity contribution < 1.29 is 14.0 Å². The van der Waals surface area contributed by atoms with E-state index in [0.29, 0.717) is 0 Å². The van der Waals surface area contributed by atoms with Gasteiger partial charge in [-0.25, -0.2) is 0 Å². The van der Waals surface area contributed by atoms with Crippen LogP contribution in [0, 0.1) is 0 Å². The maximum Gasteiger partial charge on any atom is 0.695 e. The summed E-state index contributed by atoms with van der Waals surface area (Å²) in [4.78, 5) is 8.72. The van der Waals surface area contributed by atoms with Gasteiger partial charge in [-0.3, -0.25) is 0 Å². The Balaban J connectivity index is 1.92. The van der Waals surface area contributed by atoms with Gasteiger partial charge in [0.1, 0.15) is 6.61 Å². The maximum absolute atomic E-state index is 10.6. The smallest absolute Gasteiger partial charge is 0.133 e. The minimum absolute atomic E-state index is 0.125. The topological polar surface area (TPSA) is 46.5 Å². The molecule has 3 aromatic carbocycles. The molecule has 0 aliphatic rings. The van der Waals surface area contributed by atoms with Gasteiger partial charge in [-0.15, -0.1) is 9.42 Å². The number of benzene rings is 3. The first-order chi connectivity index (χ1) is 12.2. The highest BCUT2D eigenvalue weighted by molar-refractivity contribution is 7.32. The average Bonchev–Trinajstić information content (AvgIpc) is 2.67. The van der Waals surface area contributed by atoms with Crippen LogP contribution in [0.1, 0.15) is 22.3 Å². The van der Waals surface area contributed by atoms with Crippen molar-refractivity contribution in [1.29, 1.82) is 0 Å². The van der Waals surface area contributed by atoms with E-state index in [9.17, 15) is 4.57 Å². The van der Waals surface area contributed by atoms with Gasteiger partial charge in [0.25, 0.3) is 0 Å². The molecule has 1 N–H and O–H groups in total. The summed E-state index contributed by atoms with van der Waals surface area (Å²) < 4.78 is 15.4. The Morgan fingerprint density at radius 3 is 1.84 bits per heavy atom. The molecule has 25 heavy (non-hydrogen) atoms. The lowest BCUT2D eigenvalue weighted by Crippen LogP contribution is -1.89. The van der Waals surface area contributed by atoms with Crippen LogP contribution in [0.4, 0.5) is 0 Å². The lowest BCUT2D eigenvalue weighted by atomic mass is 9.95. The molecular formula is C21H18O3P+. The van der Waals surface area contributed by atoms with Crippen LogP contribution in [-0.2, 0) is 15.7 Å². The molecule has 0 saturated heterocycles. The van der Waals surface area contributed by atoms with E-state index in [1.807, 2.05) is 60.7 Å². The number of rotatable bonds is 6. The molecule has 1 unspecified atom stereocenters. The highest BCUT2D eigenvalue weighted by Gasteiger charge is 2.11. The molecule has 0 spiro atoms. The van der Waals surface area contributed by atoms with E-state index in [4.69, 9.17) is 9.42 Å². The van der Waals surface area contributed by atoms with E-state index in [2.05, 4.69) is 30.3 Å². The molecule has 3 nitrogen and oxygen atoms in total. The van der Waals surface area contributed by atoms with Crippen LogP contribution in [0.25, 0.3) is 11.6 Å². The first-order valence-corrected chi connectivity index (χ1v) is 9.06. The van der Waals surface area contributed by atoms with Crippen molar-refractivity contribution in [2.24, 2.45) is 0 Å². The van der Waals surface area contributed by atoms with E-state index < -0.39 is 8.25 Å². The van der Waals surface area contributed by atoms with Crippen LogP contribution >= 0.6 is 8.25 Å². The highest BCUT2D eigenvalue weighted by atomic mass is 31.1. The van der Waals surface area contributed by atoms with Crippen LogP contribution in [0.15, 0.2) is 84.9 Å². The third kappa shape index (κ3) is 4.94. The number of hydrogen-bond acceptors (Lipinski definition) is 2. The van der Waals surface area contributed by atoms with Crippen molar-refractivity contribution in [2.45, 2.75) is 6.61 Å². The fraction of sp³-hybridized carbons (Fsp3) is 0.0476. The summed E-state index contributed by atoms with van der Waals surface area (Å²) >= 11 is 0. The summed E-state index contributed by atoms with van der Waals surface area (Å²) in [7, 11) is -2.57. The van der Waals surface area contributed by atoms with E-state index in [-0.39, 0.29) is 6.61 Å². The van der Waals surface area contributed by atoms with Gasteiger partial charge in [0.2, 0.25) is 0 Å². The van der Waals surface area contributed by atoms with Gasteiger partial charge in [0.15, 0.2) is 0 Å². The summed E-state index contributed by atoms with van der Waals surface area (Å²) in [6.45, 7) is 0.125. The zero-order valence-electron chi connectivity index (χ0n) is 13.6. The summed E-state index contributed by atoms with van der Waals surface area (Å²) in [6, 6.07) is 28.3. The maximum atomic E-state index is 10.6. The molecule has 0 amide bonds. The van der Waals surface area contributed by atoms with Crippen LogP contribution in [-0.4, -0.2) is 4.89 Å². The summed E-state index contributed by atoms with van der Waals surface area (Å²) in [5.74, 6) is 0. The quantitative estimate of drug-likeness (QED) is 0.476. The molecule has 0 aliphatic carbocycles. The molecule has 4 heteroatoms. The fourth-order valence-electron chi connectivity index (χ4n) is 2.58. The Labute approximate surface area is 148 Å². The fourth-order valence-corrected chi connectivity index (χ4v) is 2.83. The van der Waals surface area contributed by atoms with Gasteiger partial charge in [-0.1, -0.05) is 84.9 Å². The zero-order valence-corrected chi connectivity index (χ0v) is 14.5. The van der Waals surface area contributed by atoms with E-state index in [0.717, 1.165) is 27.8 Å². The molecule has 0 aliphatic heterocycles. The molecule has 3 rings (SSSR count). The molecular weight excluding hydrogens is 331 g/mol. The van der Waals surface area contributed by atoms with Crippen molar-refractivity contribution in [1.82, 2.24) is 0 Å². The van der Waals surface area contributed by atoms with Crippen LogP contribution in [0.5, 0.6) is 0 Å². The molecule has 1 atom stereocenters. The molecule has 0 heterocycles. The Bertz CT molecular complexity index is 815. The molecule has 0 bridgehead atoms. The normalized spacial score (nSPS) is 11.0. The standard InChI is InChI=1S/C21H17O3P/c22-25(23)24-16-18-13-11-17(12-14-18)15-21(19-7-3-1-4-8-19)20-9-5-2-6-10-20/h1-15H,16H2/p+1. The van der Waals surface area contributed by atoms with Gasteiger partial charge < -0.3 is 0 Å². The monoisotopic (exact) mass is 349 g/mol. The van der Waals surface area contributed by atoms with Gasteiger partial charge in [-0.05, 0) is 33.9 Å². The van der Waals surface area contributed by atoms with E-state index in [1.165, 1.54) is 0 Å². The van der Waals surface area contributed by atoms with Crippen molar-refractivity contribution in [3.63, 3.8) is 0 Å². The zero-order chi connectivity index (χ0) is 17.5. The van der Waals surface area contributed by atoms with Crippen molar-refractivity contribution in [3.05, 3.63) is 107 Å². The van der Waals surface area contributed by atoms with Crippen molar-refractivity contribution in [3.8, 4) is 0 Å². The summed E-state index contributed by atoms with van der Waals surface area (Å²) in [6.07, 6.45) is 2.14. The van der Waals surface area contributed by atoms with Gasteiger partial charge in [0.05, 0.1) is 0 Å². The molecule has 0 aromatic heterocycles. The number of hydrogen-bond donors (Lipinski definition) is 1. The Hall–Kier alpha value is -2.58. The summed E-state index contributed by atoms with van der Waals surface area (Å²) in [5, 5.41) is 0. The van der Waals surface area contributed by atoms with Crippen LogP contribution in [0.3, 0.4) is 0 Å². The third-order valence-corrected chi connectivity index (χ3v) is 4.15. The Morgan fingerprint density at radius 2 is 1.36 bits per heavy atom. The molecule has 0 radical (unpaired) electrons.